The van der Waals surface area contributed by atoms with Crippen LogP contribution in [-0.2, 0) is 29.8 Å². The lowest BCUT2D eigenvalue weighted by Crippen LogP contribution is -2.57. The van der Waals surface area contributed by atoms with Gasteiger partial charge in [0.2, 0.25) is 21.8 Å². The Labute approximate surface area is 281 Å². The van der Waals surface area contributed by atoms with Crippen molar-refractivity contribution in [1.29, 1.82) is 0 Å². The molecule has 5 rings (SSSR count). The summed E-state index contributed by atoms with van der Waals surface area (Å²) in [4.78, 5) is 41.4. The van der Waals surface area contributed by atoms with Crippen LogP contribution in [0.25, 0.3) is 0 Å². The molecule has 246 valence electrons. The largest absolute Gasteiger partial charge is 0.477 e. The van der Waals surface area contributed by atoms with E-state index in [0.717, 1.165) is 6.26 Å². The molecule has 0 saturated carbocycles. The molecule has 46 heavy (non-hydrogen) atoms. The van der Waals surface area contributed by atoms with Gasteiger partial charge in [0.25, 0.3) is 5.91 Å². The van der Waals surface area contributed by atoms with Crippen LogP contribution in [0, 0.1) is 12.7 Å². The van der Waals surface area contributed by atoms with Crippen molar-refractivity contribution in [3.05, 3.63) is 92.2 Å². The van der Waals surface area contributed by atoms with E-state index in [1.165, 1.54) is 12.1 Å². The van der Waals surface area contributed by atoms with Gasteiger partial charge in [-0.25, -0.2) is 17.5 Å². The molecule has 0 radical (unpaired) electrons. The number of hydrogen-bond donors (Lipinski definition) is 3. The Morgan fingerprint density at radius 1 is 1.11 bits per heavy atom. The van der Waals surface area contributed by atoms with E-state index in [0.29, 0.717) is 32.4 Å². The second-order valence-corrected chi connectivity index (χ2v) is 14.6. The van der Waals surface area contributed by atoms with Gasteiger partial charge < -0.3 is 15.4 Å². The van der Waals surface area contributed by atoms with Crippen molar-refractivity contribution < 1.29 is 31.9 Å². The number of ether oxygens (including phenoxy) is 1. The van der Waals surface area contributed by atoms with E-state index in [-0.39, 0.29) is 37.5 Å². The molecule has 3 amide bonds. The van der Waals surface area contributed by atoms with Gasteiger partial charge in [0, 0.05) is 33.1 Å². The molecule has 13 heteroatoms. The van der Waals surface area contributed by atoms with Crippen molar-refractivity contribution in [2.45, 2.75) is 70.4 Å². The third-order valence-electron chi connectivity index (χ3n) is 8.79. The Hall–Kier alpha value is -3.48. The number of aryl methyl sites for hydroxylation is 1. The number of rotatable bonds is 8. The summed E-state index contributed by atoms with van der Waals surface area (Å²) >= 11 is 10.0. The van der Waals surface area contributed by atoms with Gasteiger partial charge in [0.05, 0.1) is 12.3 Å². The lowest BCUT2D eigenvalue weighted by molar-refractivity contribution is -0.136. The summed E-state index contributed by atoms with van der Waals surface area (Å²) in [5.41, 5.74) is -0.587. The average Bonchev–Trinajstić information content (AvgIpc) is 3.24. The maximum Gasteiger partial charge on any atom is 0.277 e. The van der Waals surface area contributed by atoms with Crippen LogP contribution in [0.15, 0.2) is 59.1 Å². The number of fused-ring (bicyclic) bond motifs is 2. The molecule has 3 N–H and O–H groups in total. The minimum Gasteiger partial charge on any atom is -0.477 e. The first-order valence-corrected chi connectivity index (χ1v) is 17.4. The number of nitrogens with one attached hydrogen (secondary N) is 3. The average molecular weight is 737 g/mol. The van der Waals surface area contributed by atoms with Gasteiger partial charge in [0.15, 0.2) is 5.60 Å². The number of hydrogen-bond acceptors (Lipinski definition) is 6. The molecule has 1 spiro atoms. The molecular formula is C33H36BrClFN3O6S. The van der Waals surface area contributed by atoms with Gasteiger partial charge in [-0.2, -0.15) is 0 Å². The Balaban J connectivity index is 0.00000480. The first-order valence-electron chi connectivity index (χ1n) is 14.3. The zero-order valence-corrected chi connectivity index (χ0v) is 28.1. The van der Waals surface area contributed by atoms with Crippen LogP contribution >= 0.6 is 27.5 Å². The number of anilines is 1. The molecule has 3 atom stereocenters. The zero-order chi connectivity index (χ0) is 32.9. The van der Waals surface area contributed by atoms with Gasteiger partial charge in [-0.15, -0.1) is 0 Å². The molecule has 0 aliphatic carbocycles. The molecule has 0 aromatic heterocycles. The molecule has 0 bridgehead atoms. The zero-order valence-electron chi connectivity index (χ0n) is 25.0. The van der Waals surface area contributed by atoms with E-state index >= 15 is 0 Å². The number of piperidine rings is 1. The first-order chi connectivity index (χ1) is 21.1. The molecule has 3 aromatic carbocycles. The fourth-order valence-electron chi connectivity index (χ4n) is 6.56. The first kappa shape index (κ1) is 35.4. The van der Waals surface area contributed by atoms with E-state index in [1.54, 1.807) is 63.2 Å². The predicted octanol–water partition coefficient (Wildman–Crippen LogP) is 6.43. The summed E-state index contributed by atoms with van der Waals surface area (Å²) in [6.07, 6.45) is 0.908. The lowest BCUT2D eigenvalue weighted by atomic mass is 9.59. The van der Waals surface area contributed by atoms with Crippen LogP contribution in [0.1, 0.15) is 74.8 Å². The molecule has 2 heterocycles. The van der Waals surface area contributed by atoms with Crippen LogP contribution in [0.4, 0.5) is 10.1 Å². The van der Waals surface area contributed by atoms with Crippen LogP contribution in [-0.4, -0.2) is 38.0 Å². The van der Waals surface area contributed by atoms with E-state index in [1.807, 2.05) is 4.72 Å². The third-order valence-corrected chi connectivity index (χ3v) is 10.1. The Morgan fingerprint density at radius 3 is 2.46 bits per heavy atom. The molecule has 2 aliphatic heterocycles. The van der Waals surface area contributed by atoms with E-state index < -0.39 is 56.5 Å². The molecule has 3 aromatic rings. The van der Waals surface area contributed by atoms with E-state index in [4.69, 9.17) is 16.3 Å². The summed E-state index contributed by atoms with van der Waals surface area (Å²) < 4.78 is 48.0. The molecular weight excluding hydrogens is 701 g/mol. The van der Waals surface area contributed by atoms with Crippen molar-refractivity contribution in [3.63, 3.8) is 0 Å². The Bertz CT molecular complexity index is 1830. The summed E-state index contributed by atoms with van der Waals surface area (Å²) in [6, 6.07) is 13.2. The number of carbonyl (C=O) groups excluding carboxylic acids is 3. The van der Waals surface area contributed by atoms with Gasteiger partial charge in [-0.1, -0.05) is 60.9 Å². The number of amides is 3. The molecule has 1 saturated heterocycles. The minimum atomic E-state index is -3.91. The lowest BCUT2D eigenvalue weighted by Gasteiger charge is -2.47. The third kappa shape index (κ3) is 6.14. The molecule has 1 fully saturated rings. The standard InChI is InChI=1S/C32H32BrClFN3O6S.CH4/c1-5-31(6-2,29(40)38-45(4,42)43)44-26-12-9-19(34)14-22(26)24-16-27(39)37-28(21-15-20(35)10-7-17(21)3)32(24)23-11-8-18(33)13-25(23)36-30(32)41;/h7-15,24,28H,5-6,16H2,1-4H3,(H,36,41)(H,37,39)(H,38,40);1H4/t24-,28+,32-;/m1./s1. The van der Waals surface area contributed by atoms with E-state index in [9.17, 15) is 27.2 Å². The highest BCUT2D eigenvalue weighted by Crippen LogP contribution is 2.59. The number of benzene rings is 3. The number of carbonyl (C=O) groups is 3. The smallest absolute Gasteiger partial charge is 0.277 e. The van der Waals surface area contributed by atoms with Gasteiger partial charge in [-0.05, 0) is 78.9 Å². The monoisotopic (exact) mass is 735 g/mol. The summed E-state index contributed by atoms with van der Waals surface area (Å²) in [7, 11) is -3.91. The van der Waals surface area contributed by atoms with Crippen LogP contribution in [0.2, 0.25) is 5.02 Å². The summed E-state index contributed by atoms with van der Waals surface area (Å²) in [5, 5.41) is 6.25. The highest BCUT2D eigenvalue weighted by atomic mass is 79.9. The van der Waals surface area contributed by atoms with Crippen LogP contribution < -0.4 is 20.1 Å². The maximum absolute atomic E-state index is 14.8. The van der Waals surface area contributed by atoms with Crippen LogP contribution in [0.3, 0.4) is 0 Å². The number of halogens is 3. The second kappa shape index (κ2) is 13.0. The SMILES string of the molecule is C.CCC(CC)(Oc1ccc(Cl)cc1[C@H]1CC(=O)N[C@@H](c2cc(F)ccc2C)[C@]12C(=O)Nc1cc(Br)ccc12)C(=O)NS(C)(=O)=O. The van der Waals surface area contributed by atoms with Gasteiger partial charge in [-0.3, -0.25) is 14.4 Å². The molecule has 9 nitrogen and oxygen atoms in total. The van der Waals surface area contributed by atoms with Crippen molar-refractivity contribution >= 4 is 61.0 Å². The topological polar surface area (TPSA) is 131 Å². The highest BCUT2D eigenvalue weighted by molar-refractivity contribution is 9.10. The summed E-state index contributed by atoms with van der Waals surface area (Å²) in [5.74, 6) is -2.97. The van der Waals surface area contributed by atoms with Gasteiger partial charge >= 0.3 is 0 Å². The Morgan fingerprint density at radius 2 is 1.80 bits per heavy atom. The fraction of sp³-hybridized carbons (Fsp3) is 0.364. The fourth-order valence-corrected chi connectivity index (χ4v) is 7.63. The van der Waals surface area contributed by atoms with E-state index in [2.05, 4.69) is 26.6 Å². The van der Waals surface area contributed by atoms with Crippen LogP contribution in [0.5, 0.6) is 5.75 Å². The Kier molecular flexibility index (Phi) is 9.97. The number of sulfonamides is 1. The summed E-state index contributed by atoms with van der Waals surface area (Å²) in [6.45, 7) is 5.16. The normalized spacial score (nSPS) is 20.8. The molecule has 0 unspecified atom stereocenters. The predicted molar refractivity (Wildman–Crippen MR) is 179 cm³/mol. The van der Waals surface area contributed by atoms with Crippen molar-refractivity contribution in [2.75, 3.05) is 11.6 Å². The maximum atomic E-state index is 14.8. The van der Waals surface area contributed by atoms with Crippen molar-refractivity contribution in [3.8, 4) is 5.75 Å². The van der Waals surface area contributed by atoms with Crippen molar-refractivity contribution in [1.82, 2.24) is 10.0 Å². The highest BCUT2D eigenvalue weighted by Gasteiger charge is 2.62. The van der Waals surface area contributed by atoms with Crippen molar-refractivity contribution in [2.24, 2.45) is 0 Å². The minimum absolute atomic E-state index is 0. The van der Waals surface area contributed by atoms with Gasteiger partial charge in [0.1, 0.15) is 17.0 Å². The molecule has 2 aliphatic rings. The second-order valence-electron chi connectivity index (χ2n) is 11.5. The quantitative estimate of drug-likeness (QED) is 0.244.